The highest BCUT2D eigenvalue weighted by molar-refractivity contribution is 5.10. The lowest BCUT2D eigenvalue weighted by Gasteiger charge is -2.05. The van der Waals surface area contributed by atoms with Crippen LogP contribution in [-0.4, -0.2) is 23.1 Å². The van der Waals surface area contributed by atoms with Gasteiger partial charge in [-0.05, 0) is 26.0 Å². The van der Waals surface area contributed by atoms with Crippen LogP contribution in [0.15, 0.2) is 6.07 Å². The number of nitrogens with two attached hydrogens (primary N) is 1. The number of ether oxygens (including phenoxy) is 1. The zero-order valence-electron chi connectivity index (χ0n) is 9.49. The predicted octanol–water partition coefficient (Wildman–Crippen LogP) is 1.21. The van der Waals surface area contributed by atoms with Crippen LogP contribution in [0.2, 0.25) is 0 Å². The van der Waals surface area contributed by atoms with E-state index in [0.717, 1.165) is 36.7 Å². The molecule has 0 aromatic carbocycles. The summed E-state index contributed by atoms with van der Waals surface area (Å²) in [6.07, 6.45) is 1.81. The first-order valence-electron chi connectivity index (χ1n) is 5.37. The molecule has 0 aliphatic rings. The van der Waals surface area contributed by atoms with Gasteiger partial charge in [0, 0.05) is 24.4 Å². The van der Waals surface area contributed by atoms with Gasteiger partial charge < -0.3 is 10.5 Å². The van der Waals surface area contributed by atoms with Gasteiger partial charge in [0.15, 0.2) is 5.82 Å². The van der Waals surface area contributed by atoms with Crippen molar-refractivity contribution < 1.29 is 4.74 Å². The third-order valence-electron chi connectivity index (χ3n) is 1.93. The molecule has 0 unspecified atom stereocenters. The normalized spacial score (nSPS) is 10.6. The highest BCUT2D eigenvalue weighted by Crippen LogP contribution is 2.02. The van der Waals surface area contributed by atoms with E-state index in [1.807, 2.05) is 13.0 Å². The number of aryl methyl sites for hydroxylation is 1. The van der Waals surface area contributed by atoms with Gasteiger partial charge in [-0.25, -0.2) is 9.97 Å². The van der Waals surface area contributed by atoms with Crippen molar-refractivity contribution in [1.29, 1.82) is 0 Å². The van der Waals surface area contributed by atoms with Crippen molar-refractivity contribution in [2.45, 2.75) is 33.3 Å². The zero-order chi connectivity index (χ0) is 11.1. The van der Waals surface area contributed by atoms with Crippen molar-refractivity contribution in [3.05, 3.63) is 23.3 Å². The molecule has 0 fully saturated rings. The van der Waals surface area contributed by atoms with Gasteiger partial charge in [-0.1, -0.05) is 6.92 Å². The first-order chi connectivity index (χ1) is 7.26. The van der Waals surface area contributed by atoms with E-state index in [0.29, 0.717) is 13.2 Å². The molecule has 0 aliphatic heterocycles. The molecule has 4 nitrogen and oxygen atoms in total. The van der Waals surface area contributed by atoms with Gasteiger partial charge in [0.2, 0.25) is 0 Å². The summed E-state index contributed by atoms with van der Waals surface area (Å²) in [5, 5.41) is 0. The SMILES string of the molecule is CCCOCc1nc(C)cc(CCN)n1. The van der Waals surface area contributed by atoms with Crippen molar-refractivity contribution in [3.63, 3.8) is 0 Å². The van der Waals surface area contributed by atoms with Crippen LogP contribution in [0.1, 0.15) is 30.6 Å². The van der Waals surface area contributed by atoms with Gasteiger partial charge in [-0.2, -0.15) is 0 Å². The van der Waals surface area contributed by atoms with E-state index in [2.05, 4.69) is 16.9 Å². The van der Waals surface area contributed by atoms with Crippen molar-refractivity contribution in [2.24, 2.45) is 5.73 Å². The number of nitrogens with zero attached hydrogens (tertiary/aromatic N) is 2. The summed E-state index contributed by atoms with van der Waals surface area (Å²) >= 11 is 0. The molecule has 2 N–H and O–H groups in total. The van der Waals surface area contributed by atoms with Gasteiger partial charge in [0.05, 0.1) is 0 Å². The van der Waals surface area contributed by atoms with Crippen LogP contribution in [0, 0.1) is 6.92 Å². The second kappa shape index (κ2) is 6.48. The molecule has 84 valence electrons. The highest BCUT2D eigenvalue weighted by Gasteiger charge is 2.01. The Labute approximate surface area is 90.9 Å². The van der Waals surface area contributed by atoms with E-state index in [1.165, 1.54) is 0 Å². The Morgan fingerprint density at radius 2 is 2.20 bits per heavy atom. The fourth-order valence-corrected chi connectivity index (χ4v) is 1.35. The molecule has 0 saturated carbocycles. The Bertz CT molecular complexity index is 302. The van der Waals surface area contributed by atoms with Crippen molar-refractivity contribution >= 4 is 0 Å². The predicted molar refractivity (Wildman–Crippen MR) is 59.5 cm³/mol. The fraction of sp³-hybridized carbons (Fsp3) is 0.636. The molecule has 1 aromatic rings. The lowest BCUT2D eigenvalue weighted by Crippen LogP contribution is -2.08. The summed E-state index contributed by atoms with van der Waals surface area (Å²) in [6, 6.07) is 1.97. The molecule has 0 aliphatic carbocycles. The molecule has 0 amide bonds. The Morgan fingerprint density at radius 3 is 2.87 bits per heavy atom. The smallest absolute Gasteiger partial charge is 0.154 e. The van der Waals surface area contributed by atoms with Crippen molar-refractivity contribution in [3.8, 4) is 0 Å². The van der Waals surface area contributed by atoms with Crippen molar-refractivity contribution in [2.75, 3.05) is 13.2 Å². The van der Waals surface area contributed by atoms with E-state index >= 15 is 0 Å². The number of hydrogen-bond donors (Lipinski definition) is 1. The van der Waals surface area contributed by atoms with Crippen LogP contribution in [0.5, 0.6) is 0 Å². The third-order valence-corrected chi connectivity index (χ3v) is 1.93. The van der Waals surface area contributed by atoms with Crippen LogP contribution < -0.4 is 5.73 Å². The summed E-state index contributed by atoms with van der Waals surface area (Å²) in [4.78, 5) is 8.69. The molecule has 0 saturated heterocycles. The minimum atomic E-state index is 0.493. The van der Waals surface area contributed by atoms with E-state index in [4.69, 9.17) is 10.5 Å². The minimum Gasteiger partial charge on any atom is -0.373 e. The molecular formula is C11H19N3O. The molecular weight excluding hydrogens is 190 g/mol. The molecule has 4 heteroatoms. The van der Waals surface area contributed by atoms with Crippen LogP contribution >= 0.6 is 0 Å². The summed E-state index contributed by atoms with van der Waals surface area (Å²) in [5.41, 5.74) is 7.47. The average molecular weight is 209 g/mol. The number of aromatic nitrogens is 2. The van der Waals surface area contributed by atoms with E-state index in [-0.39, 0.29) is 0 Å². The molecule has 0 radical (unpaired) electrons. The summed E-state index contributed by atoms with van der Waals surface area (Å²) in [7, 11) is 0. The molecule has 0 bridgehead atoms. The Morgan fingerprint density at radius 1 is 1.40 bits per heavy atom. The van der Waals surface area contributed by atoms with Crippen LogP contribution in [0.25, 0.3) is 0 Å². The van der Waals surface area contributed by atoms with Crippen LogP contribution in [-0.2, 0) is 17.8 Å². The van der Waals surface area contributed by atoms with E-state index < -0.39 is 0 Å². The quantitative estimate of drug-likeness (QED) is 0.715. The second-order valence-corrected chi connectivity index (χ2v) is 3.51. The topological polar surface area (TPSA) is 61.0 Å². The standard InChI is InChI=1S/C11H19N3O/c1-3-6-15-8-11-13-9(2)7-10(14-11)4-5-12/h7H,3-6,8,12H2,1-2H3. The third kappa shape index (κ3) is 4.36. The Hall–Kier alpha value is -1.00. The lowest BCUT2D eigenvalue weighted by atomic mass is 10.2. The second-order valence-electron chi connectivity index (χ2n) is 3.51. The maximum Gasteiger partial charge on any atom is 0.154 e. The van der Waals surface area contributed by atoms with Crippen molar-refractivity contribution in [1.82, 2.24) is 9.97 Å². The van der Waals surface area contributed by atoms with Gasteiger partial charge in [0.1, 0.15) is 6.61 Å². The summed E-state index contributed by atoms with van der Waals surface area (Å²) in [5.74, 6) is 0.756. The molecule has 1 aromatic heterocycles. The Balaban J connectivity index is 2.62. The Kier molecular flexibility index (Phi) is 5.21. The minimum absolute atomic E-state index is 0.493. The van der Waals surface area contributed by atoms with Crippen LogP contribution in [0.3, 0.4) is 0 Å². The monoisotopic (exact) mass is 209 g/mol. The molecule has 1 heterocycles. The highest BCUT2D eigenvalue weighted by atomic mass is 16.5. The average Bonchev–Trinajstić information content (AvgIpc) is 2.18. The lowest BCUT2D eigenvalue weighted by molar-refractivity contribution is 0.116. The first-order valence-corrected chi connectivity index (χ1v) is 5.37. The van der Waals surface area contributed by atoms with E-state index in [9.17, 15) is 0 Å². The molecule has 1 rings (SSSR count). The van der Waals surface area contributed by atoms with Gasteiger partial charge in [-0.15, -0.1) is 0 Å². The fourth-order valence-electron chi connectivity index (χ4n) is 1.35. The number of hydrogen-bond acceptors (Lipinski definition) is 4. The van der Waals surface area contributed by atoms with Crippen LogP contribution in [0.4, 0.5) is 0 Å². The number of rotatable bonds is 6. The van der Waals surface area contributed by atoms with Gasteiger partial charge >= 0.3 is 0 Å². The van der Waals surface area contributed by atoms with Gasteiger partial charge in [0.25, 0.3) is 0 Å². The maximum absolute atomic E-state index is 5.49. The molecule has 0 spiro atoms. The summed E-state index contributed by atoms with van der Waals surface area (Å²) < 4.78 is 5.40. The van der Waals surface area contributed by atoms with E-state index in [1.54, 1.807) is 0 Å². The first kappa shape index (κ1) is 12.1. The molecule has 15 heavy (non-hydrogen) atoms. The summed E-state index contributed by atoms with van der Waals surface area (Å²) in [6.45, 7) is 5.91. The largest absolute Gasteiger partial charge is 0.373 e. The molecule has 0 atom stereocenters. The zero-order valence-corrected chi connectivity index (χ0v) is 9.49. The maximum atomic E-state index is 5.49. The van der Waals surface area contributed by atoms with Gasteiger partial charge in [-0.3, -0.25) is 0 Å².